The van der Waals surface area contributed by atoms with Gasteiger partial charge in [-0.05, 0) is 29.8 Å². The topological polar surface area (TPSA) is 33.2 Å². The van der Waals surface area contributed by atoms with Crippen LogP contribution in [0, 0.1) is 0 Å². The van der Waals surface area contributed by atoms with Crippen LogP contribution in [0.15, 0.2) is 48.7 Å². The Labute approximate surface area is 140 Å². The van der Waals surface area contributed by atoms with E-state index in [2.05, 4.69) is 4.98 Å². The Morgan fingerprint density at radius 2 is 2.14 bits per heavy atom. The van der Waals surface area contributed by atoms with Gasteiger partial charge in [-0.25, -0.2) is 0 Å². The van der Waals surface area contributed by atoms with Crippen LogP contribution >= 0.6 is 23.4 Å². The number of nitrogens with zero attached hydrogens (tertiary/aromatic N) is 2. The minimum absolute atomic E-state index is 0.142. The summed E-state index contributed by atoms with van der Waals surface area (Å²) in [6.07, 6.45) is 2.56. The summed E-state index contributed by atoms with van der Waals surface area (Å²) in [4.78, 5) is 18.1. The molecule has 0 saturated carbocycles. The highest BCUT2D eigenvalue weighted by molar-refractivity contribution is 7.99. The standard InChI is InChI=1S/C17H19ClN2OS/c1-20(10-8-16-7-2-3-9-19-16)17(21)13-22-12-14-5-4-6-15(18)11-14/h2-7,9,11H,8,10,12-13H2,1H3. The monoisotopic (exact) mass is 334 g/mol. The lowest BCUT2D eigenvalue weighted by Crippen LogP contribution is -2.30. The van der Waals surface area contributed by atoms with Crippen molar-refractivity contribution in [3.63, 3.8) is 0 Å². The van der Waals surface area contributed by atoms with Crippen LogP contribution in [0.5, 0.6) is 0 Å². The third-order valence-electron chi connectivity index (χ3n) is 3.24. The molecule has 22 heavy (non-hydrogen) atoms. The molecule has 0 aliphatic rings. The molecule has 0 saturated heterocycles. The van der Waals surface area contributed by atoms with E-state index in [0.29, 0.717) is 12.3 Å². The van der Waals surface area contributed by atoms with Crippen molar-refractivity contribution in [3.05, 3.63) is 64.9 Å². The number of carbonyl (C=O) groups excluding carboxylic acids is 1. The second-order valence-electron chi connectivity index (χ2n) is 5.01. The van der Waals surface area contributed by atoms with Crippen LogP contribution in [0.25, 0.3) is 0 Å². The van der Waals surface area contributed by atoms with Crippen LogP contribution in [0.2, 0.25) is 5.02 Å². The van der Waals surface area contributed by atoms with Crippen LogP contribution in [0.1, 0.15) is 11.3 Å². The predicted octanol–water partition coefficient (Wildman–Crippen LogP) is 3.67. The Hall–Kier alpha value is -1.52. The quantitative estimate of drug-likeness (QED) is 0.774. The molecule has 0 spiro atoms. The van der Waals surface area contributed by atoms with E-state index >= 15 is 0 Å². The third kappa shape index (κ3) is 5.70. The summed E-state index contributed by atoms with van der Waals surface area (Å²) in [7, 11) is 1.84. The molecule has 0 bridgehead atoms. The maximum absolute atomic E-state index is 12.1. The lowest BCUT2D eigenvalue weighted by atomic mass is 10.2. The van der Waals surface area contributed by atoms with E-state index in [1.165, 1.54) is 0 Å². The van der Waals surface area contributed by atoms with Crippen LogP contribution < -0.4 is 0 Å². The first kappa shape index (κ1) is 16.8. The van der Waals surface area contributed by atoms with Crippen molar-refractivity contribution in [2.75, 3.05) is 19.3 Å². The average Bonchev–Trinajstić information content (AvgIpc) is 2.53. The molecular weight excluding hydrogens is 316 g/mol. The zero-order valence-electron chi connectivity index (χ0n) is 12.5. The first-order chi connectivity index (χ1) is 10.6. The number of carbonyl (C=O) groups is 1. The normalized spacial score (nSPS) is 10.5. The number of benzene rings is 1. The third-order valence-corrected chi connectivity index (χ3v) is 4.46. The molecule has 1 amide bonds. The van der Waals surface area contributed by atoms with Gasteiger partial charge in [-0.2, -0.15) is 0 Å². The lowest BCUT2D eigenvalue weighted by molar-refractivity contribution is -0.127. The summed E-state index contributed by atoms with van der Waals surface area (Å²) in [5, 5.41) is 0.733. The minimum Gasteiger partial charge on any atom is -0.345 e. The molecule has 0 unspecified atom stereocenters. The van der Waals surface area contributed by atoms with E-state index in [1.54, 1.807) is 22.9 Å². The summed E-state index contributed by atoms with van der Waals surface area (Å²) in [5.74, 6) is 1.41. The molecule has 1 aromatic carbocycles. The van der Waals surface area contributed by atoms with Crippen LogP contribution in [-0.4, -0.2) is 35.1 Å². The number of hydrogen-bond donors (Lipinski definition) is 0. The first-order valence-corrected chi connectivity index (χ1v) is 8.64. The van der Waals surface area contributed by atoms with E-state index in [0.717, 1.165) is 28.5 Å². The van der Waals surface area contributed by atoms with E-state index < -0.39 is 0 Å². The van der Waals surface area contributed by atoms with Gasteiger partial charge in [-0.1, -0.05) is 29.8 Å². The van der Waals surface area contributed by atoms with Crippen molar-refractivity contribution >= 4 is 29.3 Å². The van der Waals surface area contributed by atoms with Crippen molar-refractivity contribution in [3.8, 4) is 0 Å². The summed E-state index contributed by atoms with van der Waals surface area (Å²) < 4.78 is 0. The Morgan fingerprint density at radius 3 is 2.86 bits per heavy atom. The fourth-order valence-corrected chi connectivity index (χ4v) is 3.07. The molecule has 0 atom stereocenters. The SMILES string of the molecule is CN(CCc1ccccn1)C(=O)CSCc1cccc(Cl)c1. The Bertz CT molecular complexity index is 607. The predicted molar refractivity (Wildman–Crippen MR) is 93.2 cm³/mol. The molecule has 0 N–H and O–H groups in total. The molecule has 0 aliphatic carbocycles. The number of thioether (sulfide) groups is 1. The Morgan fingerprint density at radius 1 is 1.27 bits per heavy atom. The molecule has 0 fully saturated rings. The molecular formula is C17H19ClN2OS. The zero-order chi connectivity index (χ0) is 15.8. The van der Waals surface area contributed by atoms with E-state index in [1.807, 2.05) is 49.5 Å². The van der Waals surface area contributed by atoms with Gasteiger partial charge in [0.05, 0.1) is 5.75 Å². The number of rotatable bonds is 7. The van der Waals surface area contributed by atoms with Gasteiger partial charge in [-0.3, -0.25) is 9.78 Å². The largest absolute Gasteiger partial charge is 0.345 e. The van der Waals surface area contributed by atoms with Gasteiger partial charge in [-0.15, -0.1) is 11.8 Å². The minimum atomic E-state index is 0.142. The van der Waals surface area contributed by atoms with E-state index in [4.69, 9.17) is 11.6 Å². The fraction of sp³-hybridized carbons (Fsp3) is 0.294. The van der Waals surface area contributed by atoms with Gasteiger partial charge in [0.25, 0.3) is 0 Å². The number of aromatic nitrogens is 1. The Kier molecular flexibility index (Phi) is 6.74. The summed E-state index contributed by atoms with van der Waals surface area (Å²) >= 11 is 7.55. The number of hydrogen-bond acceptors (Lipinski definition) is 3. The molecule has 2 aromatic rings. The fourth-order valence-electron chi connectivity index (χ4n) is 1.95. The van der Waals surface area contributed by atoms with E-state index in [9.17, 15) is 4.79 Å². The van der Waals surface area contributed by atoms with Crippen molar-refractivity contribution in [1.82, 2.24) is 9.88 Å². The van der Waals surface area contributed by atoms with Crippen molar-refractivity contribution in [1.29, 1.82) is 0 Å². The Balaban J connectivity index is 1.70. The number of halogens is 1. The smallest absolute Gasteiger partial charge is 0.232 e. The maximum Gasteiger partial charge on any atom is 0.232 e. The van der Waals surface area contributed by atoms with Crippen LogP contribution in [0.3, 0.4) is 0 Å². The molecule has 3 nitrogen and oxygen atoms in total. The van der Waals surface area contributed by atoms with E-state index in [-0.39, 0.29) is 5.91 Å². The lowest BCUT2D eigenvalue weighted by Gasteiger charge is -2.16. The molecule has 1 aromatic heterocycles. The van der Waals surface area contributed by atoms with Gasteiger partial charge < -0.3 is 4.90 Å². The number of amides is 1. The van der Waals surface area contributed by atoms with Gasteiger partial charge in [0.1, 0.15) is 0 Å². The van der Waals surface area contributed by atoms with Gasteiger partial charge in [0, 0.05) is 42.7 Å². The highest BCUT2D eigenvalue weighted by atomic mass is 35.5. The van der Waals surface area contributed by atoms with Gasteiger partial charge in [0.15, 0.2) is 0 Å². The second kappa shape index (κ2) is 8.81. The number of likely N-dealkylation sites (N-methyl/N-ethyl adjacent to an activating group) is 1. The molecule has 116 valence electrons. The summed E-state index contributed by atoms with van der Waals surface area (Å²) in [6, 6.07) is 13.6. The molecule has 0 aliphatic heterocycles. The maximum atomic E-state index is 12.1. The van der Waals surface area contributed by atoms with Gasteiger partial charge >= 0.3 is 0 Å². The molecule has 0 radical (unpaired) electrons. The first-order valence-electron chi connectivity index (χ1n) is 7.11. The number of pyridine rings is 1. The highest BCUT2D eigenvalue weighted by Gasteiger charge is 2.09. The molecule has 2 rings (SSSR count). The van der Waals surface area contributed by atoms with Crippen molar-refractivity contribution in [2.24, 2.45) is 0 Å². The summed E-state index contributed by atoms with van der Waals surface area (Å²) in [6.45, 7) is 0.688. The molecule has 1 heterocycles. The molecule has 5 heteroatoms. The average molecular weight is 335 g/mol. The zero-order valence-corrected chi connectivity index (χ0v) is 14.1. The van der Waals surface area contributed by atoms with Crippen LogP contribution in [0.4, 0.5) is 0 Å². The second-order valence-corrected chi connectivity index (χ2v) is 6.43. The van der Waals surface area contributed by atoms with Crippen molar-refractivity contribution in [2.45, 2.75) is 12.2 Å². The highest BCUT2D eigenvalue weighted by Crippen LogP contribution is 2.16. The van der Waals surface area contributed by atoms with Gasteiger partial charge in [0.2, 0.25) is 5.91 Å². The van der Waals surface area contributed by atoms with Crippen molar-refractivity contribution < 1.29 is 4.79 Å². The summed E-state index contributed by atoms with van der Waals surface area (Å²) in [5.41, 5.74) is 2.15. The van der Waals surface area contributed by atoms with Crippen LogP contribution in [-0.2, 0) is 17.0 Å².